The molecule has 1 aromatic heterocycles. The number of hydrogen-bond acceptors (Lipinski definition) is 1. The molecule has 1 heterocycles. The molecule has 8 aromatic carbocycles. The zero-order valence-electron chi connectivity index (χ0n) is 24.0. The van der Waals surface area contributed by atoms with Gasteiger partial charge in [0.15, 0.2) is 0 Å². The highest BCUT2D eigenvalue weighted by molar-refractivity contribution is 6.22. The highest BCUT2D eigenvalue weighted by atomic mass is 14.7. The monoisotopic (exact) mass is 557 g/mol. The Morgan fingerprint density at radius 2 is 0.773 bits per heavy atom. The zero-order chi connectivity index (χ0) is 29.0. The summed E-state index contributed by atoms with van der Waals surface area (Å²) in [6, 6.07) is 57.4. The van der Waals surface area contributed by atoms with Gasteiger partial charge in [-0.15, -0.1) is 0 Å². The molecule has 1 nitrogen and oxygen atoms in total. The molecule has 0 spiro atoms. The largest absolute Gasteiger partial charge is 0.256 e. The molecule has 9 aromatic rings. The lowest BCUT2D eigenvalue weighted by Gasteiger charge is -2.19. The molecular formula is C43H27N. The zero-order valence-corrected chi connectivity index (χ0v) is 24.0. The van der Waals surface area contributed by atoms with Crippen LogP contribution >= 0.6 is 0 Å². The van der Waals surface area contributed by atoms with Crippen LogP contribution in [-0.4, -0.2) is 4.98 Å². The van der Waals surface area contributed by atoms with Gasteiger partial charge in [-0.2, -0.15) is 0 Å². The number of hydrogen-bond donors (Lipinski definition) is 0. The van der Waals surface area contributed by atoms with Crippen molar-refractivity contribution in [3.05, 3.63) is 164 Å². The molecule has 0 radical (unpaired) electrons. The Balaban J connectivity index is 1.42. The van der Waals surface area contributed by atoms with E-state index in [4.69, 9.17) is 4.98 Å². The van der Waals surface area contributed by atoms with Crippen molar-refractivity contribution in [2.24, 2.45) is 0 Å². The molecule has 1 heteroatoms. The van der Waals surface area contributed by atoms with Crippen molar-refractivity contribution in [3.63, 3.8) is 0 Å². The second-order valence-corrected chi connectivity index (χ2v) is 11.6. The van der Waals surface area contributed by atoms with Crippen LogP contribution in [0.15, 0.2) is 164 Å². The predicted molar refractivity (Wildman–Crippen MR) is 188 cm³/mol. The van der Waals surface area contributed by atoms with Gasteiger partial charge in [-0.05, 0) is 95.0 Å². The Morgan fingerprint density at radius 3 is 1.41 bits per heavy atom. The fourth-order valence-electron chi connectivity index (χ4n) is 6.99. The minimum Gasteiger partial charge on any atom is -0.256 e. The van der Waals surface area contributed by atoms with Crippen LogP contribution in [0.5, 0.6) is 0 Å². The summed E-state index contributed by atoms with van der Waals surface area (Å²) >= 11 is 0. The average Bonchev–Trinajstić information content (AvgIpc) is 3.09. The van der Waals surface area contributed by atoms with Crippen molar-refractivity contribution >= 4 is 53.9 Å². The van der Waals surface area contributed by atoms with Gasteiger partial charge >= 0.3 is 0 Å². The Kier molecular flexibility index (Phi) is 5.57. The van der Waals surface area contributed by atoms with E-state index in [-0.39, 0.29) is 0 Å². The summed E-state index contributed by atoms with van der Waals surface area (Å²) in [5.74, 6) is 0. The SMILES string of the molecule is c1ccc2cc(-c3c4ccccc4c(-c4ccc5ccccc5c4)c4cc(-c5nccc6ccccc56)ccc34)ccc2c1. The minimum atomic E-state index is 1.01. The maximum absolute atomic E-state index is 4.90. The van der Waals surface area contributed by atoms with Crippen molar-refractivity contribution in [1.82, 2.24) is 4.98 Å². The van der Waals surface area contributed by atoms with Crippen molar-refractivity contribution in [2.45, 2.75) is 0 Å². The van der Waals surface area contributed by atoms with Gasteiger partial charge in [0.2, 0.25) is 0 Å². The van der Waals surface area contributed by atoms with Crippen LogP contribution in [0.4, 0.5) is 0 Å². The summed E-state index contributed by atoms with van der Waals surface area (Å²) in [7, 11) is 0. The van der Waals surface area contributed by atoms with Gasteiger partial charge in [0, 0.05) is 17.1 Å². The molecule has 0 N–H and O–H groups in total. The summed E-state index contributed by atoms with van der Waals surface area (Å²) in [6.45, 7) is 0. The molecule has 0 unspecified atom stereocenters. The topological polar surface area (TPSA) is 12.9 Å². The van der Waals surface area contributed by atoms with Gasteiger partial charge < -0.3 is 0 Å². The maximum Gasteiger partial charge on any atom is 0.0780 e. The van der Waals surface area contributed by atoms with Crippen LogP contribution in [0.2, 0.25) is 0 Å². The smallest absolute Gasteiger partial charge is 0.0780 e. The van der Waals surface area contributed by atoms with Crippen LogP contribution in [0.25, 0.3) is 87.4 Å². The quantitative estimate of drug-likeness (QED) is 0.197. The molecule has 9 rings (SSSR count). The van der Waals surface area contributed by atoms with E-state index in [9.17, 15) is 0 Å². The Morgan fingerprint density at radius 1 is 0.295 bits per heavy atom. The van der Waals surface area contributed by atoms with E-state index in [1.807, 2.05) is 6.20 Å². The van der Waals surface area contributed by atoms with Crippen LogP contribution in [0.3, 0.4) is 0 Å². The molecule has 0 amide bonds. The van der Waals surface area contributed by atoms with Gasteiger partial charge in [0.25, 0.3) is 0 Å². The summed E-state index contributed by atoms with van der Waals surface area (Å²) in [6.07, 6.45) is 1.92. The van der Waals surface area contributed by atoms with Crippen molar-refractivity contribution < 1.29 is 0 Å². The van der Waals surface area contributed by atoms with Gasteiger partial charge in [-0.3, -0.25) is 4.98 Å². The van der Waals surface area contributed by atoms with E-state index < -0.39 is 0 Å². The molecule has 0 fully saturated rings. The third kappa shape index (κ3) is 3.91. The lowest BCUT2D eigenvalue weighted by Crippen LogP contribution is -1.93. The van der Waals surface area contributed by atoms with Crippen LogP contribution in [0.1, 0.15) is 0 Å². The minimum absolute atomic E-state index is 1.01. The second kappa shape index (κ2) is 9.90. The summed E-state index contributed by atoms with van der Waals surface area (Å²) in [5, 5.41) is 12.3. The normalized spacial score (nSPS) is 11.6. The first-order valence-corrected chi connectivity index (χ1v) is 15.1. The van der Waals surface area contributed by atoms with Crippen molar-refractivity contribution in [1.29, 1.82) is 0 Å². The third-order valence-electron chi connectivity index (χ3n) is 9.05. The van der Waals surface area contributed by atoms with Crippen LogP contribution in [0, 0.1) is 0 Å². The van der Waals surface area contributed by atoms with Crippen LogP contribution in [-0.2, 0) is 0 Å². The number of fused-ring (bicyclic) bond motifs is 5. The molecule has 0 bridgehead atoms. The highest BCUT2D eigenvalue weighted by Gasteiger charge is 2.18. The van der Waals surface area contributed by atoms with E-state index >= 15 is 0 Å². The summed E-state index contributed by atoms with van der Waals surface area (Å²) < 4.78 is 0. The fraction of sp³-hybridized carbons (Fsp3) is 0. The molecule has 0 aliphatic rings. The van der Waals surface area contributed by atoms with Gasteiger partial charge in [-0.25, -0.2) is 0 Å². The van der Waals surface area contributed by atoms with E-state index in [0.29, 0.717) is 0 Å². The molecule has 204 valence electrons. The molecule has 0 saturated carbocycles. The number of nitrogens with zero attached hydrogens (tertiary/aromatic N) is 1. The molecule has 0 aliphatic carbocycles. The lowest BCUT2D eigenvalue weighted by atomic mass is 9.84. The van der Waals surface area contributed by atoms with Gasteiger partial charge in [0.1, 0.15) is 0 Å². The standard InChI is InChI=1S/C43H27N/c1-3-12-31-25-33(19-17-28(31)9-1)41-37-15-7-8-16-38(37)42(34-20-18-29-10-2-4-13-32(29)26-34)40-27-35(21-22-39(40)41)43-36-14-6-5-11-30(36)23-24-44-43/h1-27H. The lowest BCUT2D eigenvalue weighted by molar-refractivity contribution is 1.36. The summed E-state index contributed by atoms with van der Waals surface area (Å²) in [5.41, 5.74) is 7.10. The number of pyridine rings is 1. The van der Waals surface area contributed by atoms with Crippen molar-refractivity contribution in [2.75, 3.05) is 0 Å². The molecule has 0 saturated heterocycles. The van der Waals surface area contributed by atoms with Crippen LogP contribution < -0.4 is 0 Å². The number of rotatable bonds is 3. The molecule has 0 atom stereocenters. The van der Waals surface area contributed by atoms with E-state index in [0.717, 1.165) is 16.6 Å². The molecule has 44 heavy (non-hydrogen) atoms. The predicted octanol–water partition coefficient (Wildman–Crippen LogP) is 11.8. The number of aromatic nitrogens is 1. The highest BCUT2D eigenvalue weighted by Crippen LogP contribution is 2.46. The Labute approximate surface area is 255 Å². The first-order valence-electron chi connectivity index (χ1n) is 15.1. The van der Waals surface area contributed by atoms with Gasteiger partial charge in [0.05, 0.1) is 5.69 Å². The first-order chi connectivity index (χ1) is 21.8. The fourth-order valence-corrected chi connectivity index (χ4v) is 6.99. The average molecular weight is 558 g/mol. The maximum atomic E-state index is 4.90. The van der Waals surface area contributed by atoms with Crippen molar-refractivity contribution in [3.8, 4) is 33.5 Å². The summed E-state index contributed by atoms with van der Waals surface area (Å²) in [4.78, 5) is 4.90. The van der Waals surface area contributed by atoms with Gasteiger partial charge in [-0.1, -0.05) is 133 Å². The first kappa shape index (κ1) is 24.8. The molecular weight excluding hydrogens is 530 g/mol. The Bertz CT molecular complexity index is 2550. The van der Waals surface area contributed by atoms with E-state index in [2.05, 4.69) is 158 Å². The van der Waals surface area contributed by atoms with E-state index in [1.54, 1.807) is 0 Å². The molecule has 0 aliphatic heterocycles. The third-order valence-corrected chi connectivity index (χ3v) is 9.05. The second-order valence-electron chi connectivity index (χ2n) is 11.6. The number of benzene rings is 8. The Hall–Kier alpha value is -5.79. The van der Waals surface area contributed by atoms with E-state index in [1.165, 1.54) is 70.7 Å².